The molecule has 1 saturated carbocycles. The average molecular weight is 243 g/mol. The third-order valence-electron chi connectivity index (χ3n) is 1.94. The second-order valence-corrected chi connectivity index (χ2v) is 3.76. The van der Waals surface area contributed by atoms with Crippen LogP contribution in [0.15, 0.2) is 10.8 Å². The van der Waals surface area contributed by atoms with Gasteiger partial charge in [0.25, 0.3) is 0 Å². The van der Waals surface area contributed by atoms with Crippen molar-refractivity contribution < 1.29 is 9.90 Å². The van der Waals surface area contributed by atoms with Crippen LogP contribution < -0.4 is 0 Å². The summed E-state index contributed by atoms with van der Waals surface area (Å²) >= 11 is 3.25. The molecule has 0 aromatic carbocycles. The first-order valence-corrected chi connectivity index (χ1v) is 4.73. The minimum Gasteiger partial charge on any atom is -0.476 e. The number of nitrogens with zero attached hydrogens (tertiary/aromatic N) is 2. The first kappa shape index (κ1) is 8.62. The van der Waals surface area contributed by atoms with Crippen LogP contribution in [0.1, 0.15) is 34.9 Å². The fourth-order valence-electron chi connectivity index (χ4n) is 1.11. The van der Waals surface area contributed by atoms with E-state index in [0.717, 1.165) is 18.5 Å². The lowest BCUT2D eigenvalue weighted by atomic mass is 10.3. The lowest BCUT2D eigenvalue weighted by molar-refractivity contribution is 0.0689. The number of aromatic nitrogens is 2. The Balaban J connectivity index is 2.41. The van der Waals surface area contributed by atoms with Crippen LogP contribution in [0.4, 0.5) is 0 Å². The Kier molecular flexibility index (Phi) is 2.03. The number of aromatic carboxylic acids is 1. The molecule has 5 heteroatoms. The Morgan fingerprint density at radius 2 is 2.31 bits per heavy atom. The topological polar surface area (TPSA) is 63.1 Å². The standard InChI is InChI=1S/C8H7BrN2O2/c9-7-6(4-1-2-4)11-5(3-10-7)8(12)13/h3-4H,1-2H2,(H,12,13). The molecule has 2 rings (SSSR count). The van der Waals surface area contributed by atoms with Crippen molar-refractivity contribution in [2.24, 2.45) is 0 Å². The molecular formula is C8H7BrN2O2. The quantitative estimate of drug-likeness (QED) is 0.860. The van der Waals surface area contributed by atoms with Gasteiger partial charge >= 0.3 is 5.97 Å². The highest BCUT2D eigenvalue weighted by molar-refractivity contribution is 9.10. The molecule has 1 aliphatic rings. The van der Waals surface area contributed by atoms with Gasteiger partial charge in [0.15, 0.2) is 5.69 Å². The third-order valence-corrected chi connectivity index (χ3v) is 2.55. The van der Waals surface area contributed by atoms with Crippen LogP contribution in [0.5, 0.6) is 0 Å². The largest absolute Gasteiger partial charge is 0.476 e. The van der Waals surface area contributed by atoms with Gasteiger partial charge in [0, 0.05) is 5.92 Å². The predicted molar refractivity (Wildman–Crippen MR) is 48.7 cm³/mol. The van der Waals surface area contributed by atoms with E-state index in [9.17, 15) is 4.79 Å². The van der Waals surface area contributed by atoms with Crippen LogP contribution in [0.25, 0.3) is 0 Å². The summed E-state index contributed by atoms with van der Waals surface area (Å²) in [6.07, 6.45) is 3.42. The molecule has 1 N–H and O–H groups in total. The fourth-order valence-corrected chi connectivity index (χ4v) is 1.62. The second kappa shape index (κ2) is 3.06. The van der Waals surface area contributed by atoms with E-state index in [2.05, 4.69) is 25.9 Å². The number of carbonyl (C=O) groups is 1. The van der Waals surface area contributed by atoms with Crippen LogP contribution in [0.3, 0.4) is 0 Å². The molecule has 0 saturated heterocycles. The van der Waals surface area contributed by atoms with E-state index in [1.165, 1.54) is 6.20 Å². The Labute approximate surface area is 83.1 Å². The molecule has 0 aliphatic heterocycles. The van der Waals surface area contributed by atoms with Gasteiger partial charge in [-0.1, -0.05) is 0 Å². The number of halogens is 1. The van der Waals surface area contributed by atoms with Gasteiger partial charge in [0.1, 0.15) is 4.60 Å². The molecule has 0 amide bonds. The van der Waals surface area contributed by atoms with Crippen molar-refractivity contribution in [3.8, 4) is 0 Å². The second-order valence-electron chi connectivity index (χ2n) is 3.01. The van der Waals surface area contributed by atoms with Gasteiger partial charge in [0.05, 0.1) is 11.9 Å². The molecule has 1 heterocycles. The number of hydrogen-bond acceptors (Lipinski definition) is 3. The van der Waals surface area contributed by atoms with Crippen molar-refractivity contribution in [1.29, 1.82) is 0 Å². The van der Waals surface area contributed by atoms with Gasteiger partial charge in [-0.25, -0.2) is 14.8 Å². The minimum atomic E-state index is -1.03. The lowest BCUT2D eigenvalue weighted by Gasteiger charge is -2.00. The molecule has 0 atom stereocenters. The first-order valence-electron chi connectivity index (χ1n) is 3.94. The molecule has 1 fully saturated rings. The molecule has 13 heavy (non-hydrogen) atoms. The van der Waals surface area contributed by atoms with E-state index in [0.29, 0.717) is 10.5 Å². The fraction of sp³-hybridized carbons (Fsp3) is 0.375. The first-order chi connectivity index (χ1) is 6.18. The molecule has 1 aromatic heterocycles. The SMILES string of the molecule is O=C(O)c1cnc(Br)c(C2CC2)n1. The van der Waals surface area contributed by atoms with Gasteiger partial charge in [-0.15, -0.1) is 0 Å². The van der Waals surface area contributed by atoms with Crippen LogP contribution >= 0.6 is 15.9 Å². The monoisotopic (exact) mass is 242 g/mol. The average Bonchev–Trinajstić information content (AvgIpc) is 2.87. The maximum absolute atomic E-state index is 10.6. The third kappa shape index (κ3) is 1.70. The van der Waals surface area contributed by atoms with Crippen molar-refractivity contribution in [2.75, 3.05) is 0 Å². The van der Waals surface area contributed by atoms with Crippen molar-refractivity contribution in [3.63, 3.8) is 0 Å². The van der Waals surface area contributed by atoms with Crippen LogP contribution in [0.2, 0.25) is 0 Å². The van der Waals surface area contributed by atoms with E-state index in [1.807, 2.05) is 0 Å². The molecule has 4 nitrogen and oxygen atoms in total. The highest BCUT2D eigenvalue weighted by Crippen LogP contribution is 2.41. The van der Waals surface area contributed by atoms with E-state index in [1.54, 1.807) is 0 Å². The predicted octanol–water partition coefficient (Wildman–Crippen LogP) is 1.81. The smallest absolute Gasteiger partial charge is 0.356 e. The summed E-state index contributed by atoms with van der Waals surface area (Å²) in [5, 5.41) is 8.68. The van der Waals surface area contributed by atoms with Crippen molar-refractivity contribution >= 4 is 21.9 Å². The summed E-state index contributed by atoms with van der Waals surface area (Å²) in [5.41, 5.74) is 0.796. The summed E-state index contributed by atoms with van der Waals surface area (Å²) in [4.78, 5) is 18.5. The Morgan fingerprint density at radius 1 is 1.62 bits per heavy atom. The van der Waals surface area contributed by atoms with Gasteiger partial charge < -0.3 is 5.11 Å². The molecule has 0 spiro atoms. The van der Waals surface area contributed by atoms with Crippen LogP contribution in [-0.2, 0) is 0 Å². The molecule has 0 unspecified atom stereocenters. The summed E-state index contributed by atoms with van der Waals surface area (Å²) in [7, 11) is 0. The maximum Gasteiger partial charge on any atom is 0.356 e. The van der Waals surface area contributed by atoms with Gasteiger partial charge in [-0.05, 0) is 28.8 Å². The van der Waals surface area contributed by atoms with Gasteiger partial charge in [-0.2, -0.15) is 0 Å². The Morgan fingerprint density at radius 3 is 2.85 bits per heavy atom. The van der Waals surface area contributed by atoms with E-state index < -0.39 is 5.97 Å². The number of rotatable bonds is 2. The molecular weight excluding hydrogens is 236 g/mol. The van der Waals surface area contributed by atoms with E-state index in [-0.39, 0.29) is 5.69 Å². The molecule has 0 radical (unpaired) electrons. The zero-order chi connectivity index (χ0) is 9.42. The summed E-state index contributed by atoms with van der Waals surface area (Å²) in [6, 6.07) is 0. The molecule has 68 valence electrons. The summed E-state index contributed by atoms with van der Waals surface area (Å²) < 4.78 is 0.667. The number of carboxylic acid groups (broad SMARTS) is 1. The molecule has 1 aromatic rings. The number of hydrogen-bond donors (Lipinski definition) is 1. The van der Waals surface area contributed by atoms with Crippen molar-refractivity contribution in [1.82, 2.24) is 9.97 Å². The molecule has 0 bridgehead atoms. The minimum absolute atomic E-state index is 0.0186. The highest BCUT2D eigenvalue weighted by atomic mass is 79.9. The van der Waals surface area contributed by atoms with E-state index >= 15 is 0 Å². The van der Waals surface area contributed by atoms with Crippen molar-refractivity contribution in [3.05, 3.63) is 22.2 Å². The van der Waals surface area contributed by atoms with Crippen LogP contribution in [0, 0.1) is 0 Å². The maximum atomic E-state index is 10.6. The van der Waals surface area contributed by atoms with E-state index in [4.69, 9.17) is 5.11 Å². The Bertz CT molecular complexity index is 363. The zero-order valence-corrected chi connectivity index (χ0v) is 8.28. The molecule has 1 aliphatic carbocycles. The lowest BCUT2D eigenvalue weighted by Crippen LogP contribution is -2.04. The number of carboxylic acids is 1. The summed E-state index contributed by atoms with van der Waals surface area (Å²) in [5.74, 6) is -0.622. The highest BCUT2D eigenvalue weighted by Gasteiger charge is 2.28. The van der Waals surface area contributed by atoms with Gasteiger partial charge in [-0.3, -0.25) is 0 Å². The normalized spacial score (nSPS) is 15.8. The van der Waals surface area contributed by atoms with Gasteiger partial charge in [0.2, 0.25) is 0 Å². The van der Waals surface area contributed by atoms with Crippen molar-refractivity contribution in [2.45, 2.75) is 18.8 Å². The Hall–Kier alpha value is -0.970. The van der Waals surface area contributed by atoms with Crippen LogP contribution in [-0.4, -0.2) is 21.0 Å². The zero-order valence-electron chi connectivity index (χ0n) is 6.70. The summed E-state index contributed by atoms with van der Waals surface area (Å²) in [6.45, 7) is 0.